The van der Waals surface area contributed by atoms with Gasteiger partial charge in [0.15, 0.2) is 55.7 Å². The molecule has 0 heterocycles. The lowest BCUT2D eigenvalue weighted by Crippen LogP contribution is -3.61. The molecule has 17 rings (SSSR count). The molecule has 0 aliphatic carbocycles. The van der Waals surface area contributed by atoms with Crippen molar-refractivity contribution in [1.82, 2.24) is 0 Å². The normalized spacial score (nSPS) is 10.9. The molecule has 700 valence electrons. The van der Waals surface area contributed by atoms with Gasteiger partial charge >= 0.3 is 133 Å². The number of rotatable bonds is 24. The molecule has 0 atom stereocenters. The number of fused-ring (bicyclic) bond motifs is 3. The van der Waals surface area contributed by atoms with E-state index in [0.29, 0.717) is 21.8 Å². The molecule has 0 radical (unpaired) electrons. The van der Waals surface area contributed by atoms with Crippen LogP contribution in [0, 0.1) is 63.6 Å². The van der Waals surface area contributed by atoms with E-state index in [2.05, 4.69) is 476 Å². The van der Waals surface area contributed by atoms with Crippen LogP contribution in [-0.4, -0.2) is 49.3 Å². The molecule has 17 aromatic carbocycles. The van der Waals surface area contributed by atoms with Crippen molar-refractivity contribution in [2.75, 3.05) is 37.7 Å². The predicted molar refractivity (Wildman–Crippen MR) is 559 cm³/mol. The molecular weight excluding hydrogens is 2380 g/mol. The van der Waals surface area contributed by atoms with Gasteiger partial charge in [0.25, 0.3) is 0 Å². The lowest BCUT2D eigenvalue weighted by Gasteiger charge is -2.19. The first-order chi connectivity index (χ1) is 65.6. The molecule has 0 aromatic heterocycles. The van der Waals surface area contributed by atoms with Crippen LogP contribution < -0.4 is 137 Å². The molecule has 0 aliphatic rings. The van der Waals surface area contributed by atoms with Gasteiger partial charge < -0.3 is 14.2 Å². The molecule has 0 unspecified atom stereocenters. The van der Waals surface area contributed by atoms with Crippen molar-refractivity contribution in [1.29, 1.82) is 0 Å². The Bertz CT molecular complexity index is 6150. The Morgan fingerprint density at radius 1 is 0.309 bits per heavy atom. The zero-order valence-electron chi connectivity index (χ0n) is 82.0. The van der Waals surface area contributed by atoms with Crippen LogP contribution >= 0.6 is 0 Å². The monoisotopic (exact) mass is 2510 g/mol. The summed E-state index contributed by atoms with van der Waals surface area (Å²) in [4.78, 5) is 14.8. The number of carbonyl (C=O) groups is 1. The van der Waals surface area contributed by atoms with Gasteiger partial charge in [-0.25, -0.2) is 4.79 Å². The van der Waals surface area contributed by atoms with Crippen LogP contribution in [0.15, 0.2) is 428 Å². The lowest BCUT2D eigenvalue weighted by atomic mass is 9.87. The van der Waals surface area contributed by atoms with Gasteiger partial charge in [-0.3, -0.25) is 0 Å². The van der Waals surface area contributed by atoms with E-state index >= 15 is 0 Å². The average molecular weight is 2510 g/mol. The largest absolute Gasteiger partial charge is 0.497 e. The molecule has 4 nitrogen and oxygen atoms in total. The van der Waals surface area contributed by atoms with Crippen molar-refractivity contribution in [2.45, 2.75) is 149 Å². The predicted octanol–water partition coefficient (Wildman–Crippen LogP) is 12.8. The van der Waals surface area contributed by atoms with E-state index < -0.39 is 5.60 Å². The highest BCUT2D eigenvalue weighted by Gasteiger charge is 2.27. The van der Waals surface area contributed by atoms with E-state index in [4.69, 9.17) is 14.2 Å². The van der Waals surface area contributed by atoms with Crippen LogP contribution in [0.1, 0.15) is 130 Å². The van der Waals surface area contributed by atoms with Crippen LogP contribution in [-0.2, 0) is 42.2 Å². The standard InChI is InChI=1S/C20H26I.C19H22IO3.C18H25S.C16H12I.C14H14I.C13H12IO.C12H10I.C12H13S/c1-19(2,3)15-7-11-17(12-8-15)21-18-13-9-16(10-14-18)20(4,5)6;1-14-12-16(20-15-8-6-5-7-9-15)10-11-17(14)22-13-18(21)23-19(2,3)4;1-3-5-14-19(15-6-4-2)18-13-9-11-16-10-7-8-12-17(16)18;1-2-9-14(10-3-1)17-16-12-6-8-13-7-4-5-11-15(13)16;1-11-3-7-13(8-4-11)15-14-9-5-12(2)6-10-14;1-15-13-9-7-12(8-10-13)14-11-5-3-2-4-6-11;1-3-7-11(8-4-1)13-12-9-5-2-6-10-12;1-13(2)12-9-5-7-10-6-3-4-8-11(10)12/h7-14H,1-6H3;5-12H,13H2,1-4H3;7-13H,3-6,14-15H2,1-2H3;1-12H;3-10H,1-2H3;2-10H,1H3;1-10H;3-9H,1-2H3/q8*+1. The van der Waals surface area contributed by atoms with Crippen molar-refractivity contribution >= 4 is 60.1 Å². The fourth-order valence-corrected chi connectivity index (χ4v) is 31.1. The summed E-state index contributed by atoms with van der Waals surface area (Å²) < 4.78 is 33.4. The number of esters is 1. The first-order valence-corrected chi connectivity index (χ1v) is 63.0. The van der Waals surface area contributed by atoms with Gasteiger partial charge in [0, 0.05) is 37.9 Å². The van der Waals surface area contributed by atoms with Crippen molar-refractivity contribution in [2.24, 2.45) is 0 Å². The molecule has 0 saturated carbocycles. The molecule has 0 bridgehead atoms. The minimum Gasteiger partial charge on any atom is -0.497 e. The first kappa shape index (κ1) is 110. The summed E-state index contributed by atoms with van der Waals surface area (Å²) >= 11 is -0.347. The van der Waals surface area contributed by atoms with Gasteiger partial charge in [0.1, 0.15) is 41.1 Å². The van der Waals surface area contributed by atoms with Crippen LogP contribution in [0.3, 0.4) is 0 Å². The van der Waals surface area contributed by atoms with Crippen molar-refractivity contribution in [3.8, 4) is 11.5 Å². The number of hydrogen-bond acceptors (Lipinski definition) is 4. The molecule has 0 N–H and O–H groups in total. The van der Waals surface area contributed by atoms with Gasteiger partial charge in [-0.2, -0.15) is 0 Å². The summed E-state index contributed by atoms with van der Waals surface area (Å²) in [6.07, 6.45) is 9.86. The fraction of sp³-hybridized carbons (Fsp3) is 0.218. The Morgan fingerprint density at radius 2 is 0.610 bits per heavy atom. The fourth-order valence-electron chi connectivity index (χ4n) is 13.6. The lowest BCUT2D eigenvalue weighted by molar-refractivity contribution is -0.597. The molecule has 0 fully saturated rings. The highest BCUT2D eigenvalue weighted by Crippen LogP contribution is 2.29. The number of aryl methyl sites for hydroxylation is 3. The Kier molecular flexibility index (Phi) is 47.3. The minimum atomic E-state index is -0.487. The molecule has 0 saturated heterocycles. The third-order valence-electron chi connectivity index (χ3n) is 20.8. The smallest absolute Gasteiger partial charge is 0.358 e. The number of carbonyl (C=O) groups excluding carboxylic acids is 1. The quantitative estimate of drug-likeness (QED) is 0.0344. The first-order valence-electron chi connectivity index (χ1n) is 46.4. The maximum absolute atomic E-state index is 11.7. The van der Waals surface area contributed by atoms with Gasteiger partial charge in [-0.05, 0) is 286 Å². The summed E-state index contributed by atoms with van der Waals surface area (Å²) in [6.45, 7) is 29.9. The third kappa shape index (κ3) is 39.8. The van der Waals surface area contributed by atoms with Crippen LogP contribution in [0.25, 0.3) is 32.3 Å². The SMILES string of the molecule is CC(C)(C)c1ccc([I+]c2ccc(C(C)(C)C)cc2)cc1.CCCC[S+](CCCC)c1cccc2ccccc12.COc1ccc([I+]c2ccccc2)cc1.C[S+](C)c1cccc2ccccc12.Cc1cc([I+]c2ccccc2)ccc1OCC(=O)OC(C)(C)C.Cc1ccc([I+]c2ccc(C)cc2)cc1.c1ccc([I+]c2cccc3ccccc23)cc1.c1ccc([I+]c2ccccc2)cc1. The van der Waals surface area contributed by atoms with Crippen molar-refractivity contribution < 1.29 is 146 Å². The summed E-state index contributed by atoms with van der Waals surface area (Å²) in [5, 5.41) is 8.37. The zero-order valence-corrected chi connectivity index (χ0v) is 96.6. The number of methoxy groups -OCH3 is 1. The number of unbranched alkanes of at least 4 members (excludes halogenated alkanes) is 2. The van der Waals surface area contributed by atoms with Crippen molar-refractivity contribution in [3.05, 3.63) is 489 Å². The molecule has 0 aliphatic heterocycles. The van der Waals surface area contributed by atoms with E-state index in [-0.39, 0.29) is 151 Å². The zero-order chi connectivity index (χ0) is 96.9. The van der Waals surface area contributed by atoms with E-state index in [9.17, 15) is 4.79 Å². The molecule has 0 amide bonds. The summed E-state index contributed by atoms with van der Waals surface area (Å²) in [7, 11) is 2.48. The maximum Gasteiger partial charge on any atom is 0.358 e. The van der Waals surface area contributed by atoms with Crippen LogP contribution in [0.5, 0.6) is 11.5 Å². The second-order valence-electron chi connectivity index (χ2n) is 35.4. The molecule has 12 heteroatoms. The topological polar surface area (TPSA) is 44.8 Å². The van der Waals surface area contributed by atoms with E-state index in [1.165, 1.54) is 139 Å². The van der Waals surface area contributed by atoms with Crippen molar-refractivity contribution in [3.63, 3.8) is 0 Å². The Balaban J connectivity index is 0.000000162. The Hall–Kier alpha value is -8.33. The maximum atomic E-state index is 11.7. The van der Waals surface area contributed by atoms with Gasteiger partial charge in [-0.1, -0.05) is 310 Å². The van der Waals surface area contributed by atoms with Crippen LogP contribution in [0.4, 0.5) is 0 Å². The van der Waals surface area contributed by atoms with Gasteiger partial charge in [-0.15, -0.1) is 0 Å². The second kappa shape index (κ2) is 58.7. The van der Waals surface area contributed by atoms with E-state index in [0.717, 1.165) is 17.1 Å². The number of ether oxygens (including phenoxy) is 3. The summed E-state index contributed by atoms with van der Waals surface area (Å²) in [5.41, 5.74) is 6.55. The summed E-state index contributed by atoms with van der Waals surface area (Å²) in [6, 6.07) is 150. The second-order valence-corrected chi connectivity index (χ2v) is 57.8. The highest BCUT2D eigenvalue weighted by molar-refractivity contribution is 7.97. The number of hydrogen-bond donors (Lipinski definition) is 0. The van der Waals surface area contributed by atoms with Gasteiger partial charge in [0.2, 0.25) is 3.57 Å². The molecule has 17 aromatic rings. The molecule has 0 spiro atoms. The highest BCUT2D eigenvalue weighted by atomic mass is 127. The Morgan fingerprint density at radius 3 is 0.971 bits per heavy atom. The molecular formula is C124H134I6O4S2+8. The minimum absolute atomic E-state index is 0.00313. The van der Waals surface area contributed by atoms with E-state index in [1.54, 1.807) is 12.0 Å². The third-order valence-corrected chi connectivity index (χ3v) is 40.8. The Labute approximate surface area is 882 Å². The summed E-state index contributed by atoms with van der Waals surface area (Å²) in [5.74, 6) is 4.04. The van der Waals surface area contributed by atoms with E-state index in [1.807, 2.05) is 52.0 Å². The molecule has 136 heavy (non-hydrogen) atoms. The van der Waals surface area contributed by atoms with Gasteiger partial charge in [0.05, 0.1) is 7.11 Å². The number of benzene rings is 17. The average Bonchev–Trinajstić information content (AvgIpc) is 0.819. The van der Waals surface area contributed by atoms with Crippen LogP contribution in [0.2, 0.25) is 0 Å². The number of halogens is 6.